The second-order valence-corrected chi connectivity index (χ2v) is 5.40. The summed E-state index contributed by atoms with van der Waals surface area (Å²) in [6.45, 7) is 3.22. The minimum atomic E-state index is -0.437. The van der Waals surface area contributed by atoms with E-state index in [0.29, 0.717) is 6.04 Å². The standard InChI is InChI=1S/C12H24N2O/c13-11-4-6-12(15,7-5-11)10-14-8-2-1-3-9-14/h11,15H,1-10,13H2. The average molecular weight is 212 g/mol. The smallest absolute Gasteiger partial charge is 0.0775 e. The third-order valence-corrected chi connectivity index (χ3v) is 3.93. The van der Waals surface area contributed by atoms with Crippen molar-refractivity contribution in [2.75, 3.05) is 19.6 Å². The molecule has 0 unspecified atom stereocenters. The molecule has 3 nitrogen and oxygen atoms in total. The molecule has 0 aromatic carbocycles. The van der Waals surface area contributed by atoms with Crippen LogP contribution in [0, 0.1) is 0 Å². The summed E-state index contributed by atoms with van der Waals surface area (Å²) in [7, 11) is 0. The number of β-amino-alcohol motifs (C(OH)–C–C–N with tert-alkyl or cyclic N) is 1. The maximum atomic E-state index is 10.4. The van der Waals surface area contributed by atoms with Gasteiger partial charge in [0.2, 0.25) is 0 Å². The largest absolute Gasteiger partial charge is 0.389 e. The summed E-state index contributed by atoms with van der Waals surface area (Å²) < 4.78 is 0. The monoisotopic (exact) mass is 212 g/mol. The summed E-state index contributed by atoms with van der Waals surface area (Å²) in [5, 5.41) is 10.4. The minimum absolute atomic E-state index is 0.326. The van der Waals surface area contributed by atoms with Crippen LogP contribution >= 0.6 is 0 Å². The van der Waals surface area contributed by atoms with Crippen LogP contribution in [0.4, 0.5) is 0 Å². The van der Waals surface area contributed by atoms with E-state index in [1.165, 1.54) is 32.4 Å². The molecule has 1 saturated heterocycles. The van der Waals surface area contributed by atoms with E-state index in [1.807, 2.05) is 0 Å². The second-order valence-electron chi connectivity index (χ2n) is 5.40. The molecule has 15 heavy (non-hydrogen) atoms. The molecule has 0 atom stereocenters. The fourth-order valence-electron chi connectivity index (χ4n) is 2.87. The molecule has 0 amide bonds. The van der Waals surface area contributed by atoms with E-state index in [-0.39, 0.29) is 0 Å². The quantitative estimate of drug-likeness (QED) is 0.721. The molecular weight excluding hydrogens is 188 g/mol. The molecule has 0 aromatic rings. The number of hydrogen-bond acceptors (Lipinski definition) is 3. The fraction of sp³-hybridized carbons (Fsp3) is 1.00. The van der Waals surface area contributed by atoms with Gasteiger partial charge in [0.15, 0.2) is 0 Å². The van der Waals surface area contributed by atoms with Crippen molar-refractivity contribution in [2.24, 2.45) is 5.73 Å². The third-order valence-electron chi connectivity index (χ3n) is 3.93. The topological polar surface area (TPSA) is 49.5 Å². The lowest BCUT2D eigenvalue weighted by Crippen LogP contribution is -2.48. The number of likely N-dealkylation sites (tertiary alicyclic amines) is 1. The van der Waals surface area contributed by atoms with Gasteiger partial charge in [-0.05, 0) is 51.6 Å². The molecule has 0 spiro atoms. The lowest BCUT2D eigenvalue weighted by atomic mass is 9.82. The molecule has 0 bridgehead atoms. The van der Waals surface area contributed by atoms with Gasteiger partial charge in [-0.25, -0.2) is 0 Å². The Balaban J connectivity index is 1.81. The zero-order valence-electron chi connectivity index (χ0n) is 9.62. The Bertz CT molecular complexity index is 194. The highest BCUT2D eigenvalue weighted by Gasteiger charge is 2.33. The summed E-state index contributed by atoms with van der Waals surface area (Å²) in [6.07, 6.45) is 7.73. The summed E-state index contributed by atoms with van der Waals surface area (Å²) in [4.78, 5) is 2.43. The van der Waals surface area contributed by atoms with Crippen LogP contribution in [0.25, 0.3) is 0 Å². The van der Waals surface area contributed by atoms with E-state index in [2.05, 4.69) is 4.90 Å². The number of piperidine rings is 1. The molecule has 88 valence electrons. The molecule has 1 aliphatic heterocycles. The number of nitrogens with two attached hydrogens (primary N) is 1. The predicted molar refractivity (Wildman–Crippen MR) is 61.7 cm³/mol. The van der Waals surface area contributed by atoms with E-state index in [1.54, 1.807) is 0 Å². The highest BCUT2D eigenvalue weighted by Crippen LogP contribution is 2.29. The summed E-state index contributed by atoms with van der Waals surface area (Å²) in [5.41, 5.74) is 5.43. The maximum Gasteiger partial charge on any atom is 0.0775 e. The van der Waals surface area contributed by atoms with Crippen LogP contribution in [-0.2, 0) is 0 Å². The normalized spacial score (nSPS) is 39.2. The van der Waals surface area contributed by atoms with Gasteiger partial charge in [-0.3, -0.25) is 0 Å². The Morgan fingerprint density at radius 1 is 1.13 bits per heavy atom. The van der Waals surface area contributed by atoms with Gasteiger partial charge in [0.25, 0.3) is 0 Å². The van der Waals surface area contributed by atoms with Crippen LogP contribution in [0.15, 0.2) is 0 Å². The molecule has 0 radical (unpaired) electrons. The van der Waals surface area contributed by atoms with Crippen molar-refractivity contribution < 1.29 is 5.11 Å². The van der Waals surface area contributed by atoms with Crippen molar-refractivity contribution in [3.63, 3.8) is 0 Å². The lowest BCUT2D eigenvalue weighted by molar-refractivity contribution is -0.0328. The van der Waals surface area contributed by atoms with Crippen LogP contribution in [-0.4, -0.2) is 41.3 Å². The van der Waals surface area contributed by atoms with Crippen LogP contribution in [0.1, 0.15) is 44.9 Å². The molecular formula is C12H24N2O. The Morgan fingerprint density at radius 3 is 2.33 bits per heavy atom. The van der Waals surface area contributed by atoms with Crippen LogP contribution < -0.4 is 5.73 Å². The van der Waals surface area contributed by atoms with Crippen molar-refractivity contribution in [1.82, 2.24) is 4.90 Å². The molecule has 2 fully saturated rings. The Kier molecular flexibility index (Phi) is 3.65. The van der Waals surface area contributed by atoms with Crippen molar-refractivity contribution >= 4 is 0 Å². The van der Waals surface area contributed by atoms with E-state index < -0.39 is 5.60 Å². The second kappa shape index (κ2) is 4.81. The molecule has 2 rings (SSSR count). The number of rotatable bonds is 2. The molecule has 2 aliphatic rings. The first-order chi connectivity index (χ1) is 7.18. The van der Waals surface area contributed by atoms with Gasteiger partial charge in [0, 0.05) is 12.6 Å². The van der Waals surface area contributed by atoms with Gasteiger partial charge < -0.3 is 15.7 Å². The third kappa shape index (κ3) is 3.16. The summed E-state index contributed by atoms with van der Waals surface area (Å²) in [5.74, 6) is 0. The number of hydrogen-bond donors (Lipinski definition) is 2. The van der Waals surface area contributed by atoms with E-state index >= 15 is 0 Å². The van der Waals surface area contributed by atoms with Crippen LogP contribution in [0.2, 0.25) is 0 Å². The van der Waals surface area contributed by atoms with Gasteiger partial charge >= 0.3 is 0 Å². The van der Waals surface area contributed by atoms with Crippen molar-refractivity contribution in [3.05, 3.63) is 0 Å². The first kappa shape index (κ1) is 11.4. The first-order valence-electron chi connectivity index (χ1n) is 6.38. The molecule has 3 N–H and O–H groups in total. The molecule has 1 heterocycles. The first-order valence-corrected chi connectivity index (χ1v) is 6.38. The van der Waals surface area contributed by atoms with Gasteiger partial charge in [0.1, 0.15) is 0 Å². The predicted octanol–water partition coefficient (Wildman–Crippen LogP) is 1.10. The van der Waals surface area contributed by atoms with E-state index in [4.69, 9.17) is 5.73 Å². The van der Waals surface area contributed by atoms with Crippen LogP contribution in [0.5, 0.6) is 0 Å². The fourth-order valence-corrected chi connectivity index (χ4v) is 2.87. The van der Waals surface area contributed by atoms with Gasteiger partial charge in [-0.1, -0.05) is 6.42 Å². The average Bonchev–Trinajstić information content (AvgIpc) is 2.24. The van der Waals surface area contributed by atoms with Gasteiger partial charge in [-0.2, -0.15) is 0 Å². The van der Waals surface area contributed by atoms with Crippen LogP contribution in [0.3, 0.4) is 0 Å². The molecule has 3 heteroatoms. The SMILES string of the molecule is NC1CCC(O)(CN2CCCCC2)CC1. The Labute approximate surface area is 92.6 Å². The Hall–Kier alpha value is -0.120. The van der Waals surface area contributed by atoms with E-state index in [0.717, 1.165) is 32.2 Å². The van der Waals surface area contributed by atoms with E-state index in [9.17, 15) is 5.11 Å². The summed E-state index contributed by atoms with van der Waals surface area (Å²) >= 11 is 0. The Morgan fingerprint density at radius 2 is 1.73 bits per heavy atom. The molecule has 1 saturated carbocycles. The highest BCUT2D eigenvalue weighted by atomic mass is 16.3. The minimum Gasteiger partial charge on any atom is -0.389 e. The highest BCUT2D eigenvalue weighted by molar-refractivity contribution is 4.89. The lowest BCUT2D eigenvalue weighted by Gasteiger charge is -2.39. The van der Waals surface area contributed by atoms with Crippen molar-refractivity contribution in [2.45, 2.75) is 56.6 Å². The number of nitrogens with zero attached hydrogens (tertiary/aromatic N) is 1. The van der Waals surface area contributed by atoms with Crippen molar-refractivity contribution in [3.8, 4) is 0 Å². The molecule has 0 aromatic heterocycles. The summed E-state index contributed by atoms with van der Waals surface area (Å²) in [6, 6.07) is 0.326. The zero-order valence-corrected chi connectivity index (χ0v) is 9.62. The van der Waals surface area contributed by atoms with Gasteiger partial charge in [-0.15, -0.1) is 0 Å². The zero-order chi connectivity index (χ0) is 10.7. The maximum absolute atomic E-state index is 10.4. The van der Waals surface area contributed by atoms with Crippen molar-refractivity contribution in [1.29, 1.82) is 0 Å². The molecule has 1 aliphatic carbocycles. The number of aliphatic hydroxyl groups is 1. The van der Waals surface area contributed by atoms with Gasteiger partial charge in [0.05, 0.1) is 5.60 Å².